The number of carbonyl (C=O) groups excluding carboxylic acids is 3. The lowest BCUT2D eigenvalue weighted by Crippen LogP contribution is -2.78. The average Bonchev–Trinajstić information content (AvgIpc) is 2.74. The van der Waals surface area contributed by atoms with Crippen LogP contribution in [-0.4, -0.2) is 90.9 Å². The Hall–Kier alpha value is -2.61. The molecule has 33 heavy (non-hydrogen) atoms. The Kier molecular flexibility index (Phi) is 11.4. The Balaban J connectivity index is 2.91. The lowest BCUT2D eigenvalue weighted by Gasteiger charge is -2.54. The van der Waals surface area contributed by atoms with Gasteiger partial charge in [-0.2, -0.15) is 0 Å². The minimum absolute atomic E-state index is 0.0132. The van der Waals surface area contributed by atoms with Gasteiger partial charge in [-0.05, 0) is 20.8 Å². The molecule has 0 aromatic rings. The van der Waals surface area contributed by atoms with Gasteiger partial charge in [0.1, 0.15) is 38.7 Å². The molecular weight excluding hydrogens is 432 g/mol. The number of ether oxygens (including phenoxy) is 3. The fourth-order valence-corrected chi connectivity index (χ4v) is 2.94. The monoisotopic (exact) mass is 468 g/mol. The van der Waals surface area contributed by atoms with Crippen LogP contribution in [0.2, 0.25) is 0 Å². The van der Waals surface area contributed by atoms with Gasteiger partial charge in [-0.1, -0.05) is 19.7 Å². The van der Waals surface area contributed by atoms with Gasteiger partial charge < -0.3 is 31.4 Å². The molecule has 0 saturated carbocycles. The third-order valence-electron chi connectivity index (χ3n) is 4.83. The maximum absolute atomic E-state index is 11.7. The van der Waals surface area contributed by atoms with Crippen LogP contribution in [0, 0.1) is 0 Å². The molecule has 1 heterocycles. The molecule has 1 saturated heterocycles. The van der Waals surface area contributed by atoms with Crippen molar-refractivity contribution < 1.29 is 28.6 Å². The van der Waals surface area contributed by atoms with Crippen molar-refractivity contribution in [3.05, 3.63) is 36.5 Å². The molecule has 12 nitrogen and oxygen atoms in total. The van der Waals surface area contributed by atoms with Crippen molar-refractivity contribution in [3.63, 3.8) is 0 Å². The van der Waals surface area contributed by atoms with Gasteiger partial charge in [0, 0.05) is 36.4 Å². The zero-order valence-electron chi connectivity index (χ0n) is 19.6. The fourth-order valence-electron chi connectivity index (χ4n) is 2.94. The van der Waals surface area contributed by atoms with Crippen molar-refractivity contribution in [1.29, 1.82) is 0 Å². The Morgan fingerprint density at radius 2 is 0.818 bits per heavy atom. The summed E-state index contributed by atoms with van der Waals surface area (Å²) in [5.41, 5.74) is 20.0. The maximum atomic E-state index is 11.7. The van der Waals surface area contributed by atoms with Gasteiger partial charge in [-0.3, -0.25) is 0 Å². The van der Waals surface area contributed by atoms with Crippen LogP contribution < -0.4 is 17.2 Å². The Labute approximate surface area is 194 Å². The van der Waals surface area contributed by atoms with E-state index in [1.807, 2.05) is 0 Å². The van der Waals surface area contributed by atoms with Crippen molar-refractivity contribution in [2.45, 2.75) is 39.6 Å². The highest BCUT2D eigenvalue weighted by Crippen LogP contribution is 2.19. The van der Waals surface area contributed by atoms with E-state index in [-0.39, 0.29) is 56.2 Å². The molecule has 0 aromatic carbocycles. The van der Waals surface area contributed by atoms with Crippen LogP contribution in [-0.2, 0) is 28.6 Å². The second-order valence-electron chi connectivity index (χ2n) is 7.70. The van der Waals surface area contributed by atoms with Crippen molar-refractivity contribution in [2.75, 3.05) is 39.5 Å². The van der Waals surface area contributed by atoms with Crippen molar-refractivity contribution in [2.24, 2.45) is 17.2 Å². The minimum Gasteiger partial charge on any atom is -0.461 e. The second-order valence-corrected chi connectivity index (χ2v) is 7.70. The normalized spacial score (nSPS) is 21.8. The van der Waals surface area contributed by atoms with E-state index in [0.29, 0.717) is 0 Å². The second kappa shape index (κ2) is 13.2. The molecule has 0 bridgehead atoms. The van der Waals surface area contributed by atoms with Crippen LogP contribution in [0.1, 0.15) is 20.8 Å². The smallest absolute Gasteiger partial charge is 0.333 e. The molecule has 186 valence electrons. The Morgan fingerprint density at radius 1 is 0.606 bits per heavy atom. The largest absolute Gasteiger partial charge is 0.461 e. The van der Waals surface area contributed by atoms with E-state index in [0.717, 1.165) is 0 Å². The van der Waals surface area contributed by atoms with E-state index in [9.17, 15) is 14.4 Å². The van der Waals surface area contributed by atoms with E-state index in [1.165, 1.54) is 0 Å². The third-order valence-corrected chi connectivity index (χ3v) is 4.83. The first-order valence-electron chi connectivity index (χ1n) is 10.4. The average molecular weight is 469 g/mol. The van der Waals surface area contributed by atoms with Gasteiger partial charge in [0.05, 0.1) is 0 Å². The Morgan fingerprint density at radius 3 is 1.00 bits per heavy atom. The molecule has 1 aliphatic rings. The minimum atomic E-state index is -0.767. The SMILES string of the molecule is C=C(C)C(=O)OCCN1C(N)N(CCOC(=O)C(=C)C)C(N)N(CCOC(=O)C(=C)C)C1N. The molecule has 1 rings (SSSR count). The summed E-state index contributed by atoms with van der Waals surface area (Å²) in [6, 6.07) is 0. The number of esters is 3. The maximum Gasteiger partial charge on any atom is 0.333 e. The number of nitrogens with zero attached hydrogens (tertiary/aromatic N) is 3. The van der Waals surface area contributed by atoms with Crippen LogP contribution in [0.25, 0.3) is 0 Å². The predicted octanol–water partition coefficient (Wildman–Crippen LogP) is -1.01. The number of hydrogen-bond donors (Lipinski definition) is 3. The summed E-state index contributed by atoms with van der Waals surface area (Å²) >= 11 is 0. The van der Waals surface area contributed by atoms with Crippen molar-refractivity contribution in [1.82, 2.24) is 14.7 Å². The summed E-state index contributed by atoms with van der Waals surface area (Å²) in [4.78, 5) is 40.1. The standard InChI is InChI=1S/C21H36N6O6/c1-13(2)16(28)31-10-7-25-19(22)26(8-11-32-17(29)14(3)4)21(24)27(20(25)23)9-12-33-18(30)15(5)6/h19-21H,1,3,5,7-12,22-24H2,2,4,6H3. The molecule has 1 aliphatic heterocycles. The molecular formula is C21H36N6O6. The first-order chi connectivity index (χ1) is 15.4. The molecule has 12 heteroatoms. The summed E-state index contributed by atoms with van der Waals surface area (Å²) in [6.07, 6.45) is -2.30. The molecule has 1 fully saturated rings. The molecule has 6 N–H and O–H groups in total. The van der Waals surface area contributed by atoms with Gasteiger partial charge in [-0.15, -0.1) is 0 Å². The van der Waals surface area contributed by atoms with E-state index < -0.39 is 36.8 Å². The summed E-state index contributed by atoms with van der Waals surface area (Å²) in [7, 11) is 0. The molecule has 0 spiro atoms. The first-order valence-corrected chi connectivity index (χ1v) is 10.4. The van der Waals surface area contributed by atoms with Crippen LogP contribution >= 0.6 is 0 Å². The van der Waals surface area contributed by atoms with Crippen molar-refractivity contribution in [3.8, 4) is 0 Å². The topological polar surface area (TPSA) is 167 Å². The summed E-state index contributed by atoms with van der Waals surface area (Å²) in [6.45, 7) is 15.9. The summed E-state index contributed by atoms with van der Waals surface area (Å²) in [5.74, 6) is -1.59. The number of hydrogen-bond acceptors (Lipinski definition) is 12. The van der Waals surface area contributed by atoms with Crippen LogP contribution in [0.3, 0.4) is 0 Å². The van der Waals surface area contributed by atoms with E-state index in [2.05, 4.69) is 19.7 Å². The highest BCUT2D eigenvalue weighted by molar-refractivity contribution is 5.87. The molecule has 0 aliphatic carbocycles. The fraction of sp³-hybridized carbons (Fsp3) is 0.571. The molecule has 0 aromatic heterocycles. The predicted molar refractivity (Wildman–Crippen MR) is 121 cm³/mol. The molecule has 0 atom stereocenters. The quantitative estimate of drug-likeness (QED) is 0.182. The highest BCUT2D eigenvalue weighted by atomic mass is 16.5. The van der Waals surface area contributed by atoms with Crippen LogP contribution in [0.4, 0.5) is 0 Å². The molecule has 0 radical (unpaired) electrons. The highest BCUT2D eigenvalue weighted by Gasteiger charge is 2.41. The summed E-state index contributed by atoms with van der Waals surface area (Å²) in [5, 5.41) is 0. The van der Waals surface area contributed by atoms with E-state index >= 15 is 0 Å². The van der Waals surface area contributed by atoms with Crippen molar-refractivity contribution >= 4 is 17.9 Å². The summed E-state index contributed by atoms with van der Waals surface area (Å²) < 4.78 is 15.5. The number of carbonyl (C=O) groups is 3. The van der Waals surface area contributed by atoms with E-state index in [1.54, 1.807) is 35.5 Å². The Bertz CT molecular complexity index is 660. The zero-order valence-corrected chi connectivity index (χ0v) is 19.6. The lowest BCUT2D eigenvalue weighted by molar-refractivity contribution is -0.182. The lowest BCUT2D eigenvalue weighted by atomic mass is 10.3. The molecule has 0 unspecified atom stereocenters. The third kappa shape index (κ3) is 8.35. The van der Waals surface area contributed by atoms with Gasteiger partial charge >= 0.3 is 17.9 Å². The van der Waals surface area contributed by atoms with Crippen LogP contribution in [0.15, 0.2) is 36.5 Å². The van der Waals surface area contributed by atoms with Gasteiger partial charge in [0.2, 0.25) is 0 Å². The zero-order chi connectivity index (χ0) is 25.3. The number of nitrogens with two attached hydrogens (primary N) is 3. The number of rotatable bonds is 12. The van der Waals surface area contributed by atoms with Crippen LogP contribution in [0.5, 0.6) is 0 Å². The van der Waals surface area contributed by atoms with E-state index in [4.69, 9.17) is 31.4 Å². The van der Waals surface area contributed by atoms with Gasteiger partial charge in [0.15, 0.2) is 0 Å². The van der Waals surface area contributed by atoms with Gasteiger partial charge in [0.25, 0.3) is 0 Å². The van der Waals surface area contributed by atoms with Gasteiger partial charge in [-0.25, -0.2) is 29.1 Å². The first kappa shape index (κ1) is 28.4. The molecule has 0 amide bonds.